The Labute approximate surface area is 192 Å². The third kappa shape index (κ3) is 7.15. The third-order valence-corrected chi connectivity index (χ3v) is 5.40. The Balaban J connectivity index is 0.00000272. The summed E-state index contributed by atoms with van der Waals surface area (Å²) in [5.41, 5.74) is 0.754. The molecule has 178 valence electrons. The quantitative estimate of drug-likeness (QED) is 0.262. The van der Waals surface area contributed by atoms with E-state index in [0.29, 0.717) is 42.4 Å². The van der Waals surface area contributed by atoms with Crippen molar-refractivity contribution in [3.8, 4) is 0 Å². The standard InChI is InChI=1S/C24H22BF3O3.2H3N/c26-21-10-4-7-18(15-21)24(19-8-5-11-22(27)16-19,20-9-6-12-23(28)17-20)13-2-1-3-14-31-25(29)30;;/h4-12,15-17H,1-3,13-14H2;2*1H3/q-2;;/p+2. The molecule has 0 unspecified atom stereocenters. The summed E-state index contributed by atoms with van der Waals surface area (Å²) in [5, 5.41) is 21.0. The lowest BCUT2D eigenvalue weighted by Gasteiger charge is -2.36. The van der Waals surface area contributed by atoms with Crippen molar-refractivity contribution in [1.29, 1.82) is 0 Å². The van der Waals surface area contributed by atoms with Crippen molar-refractivity contribution in [1.82, 2.24) is 12.3 Å². The van der Waals surface area contributed by atoms with Crippen molar-refractivity contribution < 1.29 is 27.9 Å². The molecule has 8 N–H and O–H groups in total. The normalized spacial score (nSPS) is 10.8. The number of rotatable bonds is 10. The number of hydrogen-bond donors (Lipinski definition) is 2. The van der Waals surface area contributed by atoms with Crippen LogP contribution in [0, 0.1) is 17.5 Å². The van der Waals surface area contributed by atoms with Crippen molar-refractivity contribution in [2.75, 3.05) is 6.61 Å². The maximum absolute atomic E-state index is 14.2. The lowest BCUT2D eigenvalue weighted by atomic mass is 9.66. The van der Waals surface area contributed by atoms with Crippen LogP contribution in [0.1, 0.15) is 42.4 Å². The van der Waals surface area contributed by atoms with Crippen LogP contribution in [0.2, 0.25) is 0 Å². The van der Waals surface area contributed by atoms with Crippen LogP contribution in [-0.2, 0) is 10.1 Å². The fraction of sp³-hybridized carbons (Fsp3) is 0.250. The number of hydrogen-bond acceptors (Lipinski definition) is 3. The summed E-state index contributed by atoms with van der Waals surface area (Å²) >= 11 is 0. The molecule has 0 spiro atoms. The zero-order valence-corrected chi connectivity index (χ0v) is 18.9. The van der Waals surface area contributed by atoms with Crippen LogP contribution < -0.4 is 22.3 Å². The molecule has 0 saturated heterocycles. The fourth-order valence-electron chi connectivity index (χ4n) is 4.04. The Kier molecular flexibility index (Phi) is 11.3. The Morgan fingerprint density at radius 2 is 1.09 bits per heavy atom. The van der Waals surface area contributed by atoms with E-state index in [2.05, 4.69) is 4.65 Å². The van der Waals surface area contributed by atoms with E-state index in [9.17, 15) is 23.2 Å². The van der Waals surface area contributed by atoms with E-state index in [1.807, 2.05) is 0 Å². The molecular weight excluding hydrogens is 432 g/mol. The van der Waals surface area contributed by atoms with Crippen molar-refractivity contribution >= 4 is 7.32 Å². The molecule has 0 aliphatic carbocycles. The highest BCUT2D eigenvalue weighted by atomic mass is 19.1. The molecule has 0 amide bonds. The molecular formula is C24H30BF3N2O3. The Morgan fingerprint density at radius 3 is 1.45 bits per heavy atom. The molecule has 0 bridgehead atoms. The summed E-state index contributed by atoms with van der Waals surface area (Å²) in [5.74, 6) is -1.33. The maximum Gasteiger partial charge on any atom is 0.123 e. The summed E-state index contributed by atoms with van der Waals surface area (Å²) in [6.07, 6.45) is 2.14. The van der Waals surface area contributed by atoms with Crippen LogP contribution in [0.5, 0.6) is 0 Å². The minimum Gasteiger partial charge on any atom is -0.871 e. The topological polar surface area (TPSA) is 128 Å². The molecule has 3 aromatic carbocycles. The first-order valence-electron chi connectivity index (χ1n) is 10.1. The van der Waals surface area contributed by atoms with E-state index in [1.54, 1.807) is 36.4 Å². The lowest BCUT2D eigenvalue weighted by molar-refractivity contribution is -0.381. The Hall–Kier alpha value is -2.69. The molecule has 0 aliphatic heterocycles. The van der Waals surface area contributed by atoms with Crippen molar-refractivity contribution in [2.24, 2.45) is 0 Å². The lowest BCUT2D eigenvalue weighted by Crippen LogP contribution is -2.47. The molecule has 0 fully saturated rings. The van der Waals surface area contributed by atoms with Crippen LogP contribution in [0.3, 0.4) is 0 Å². The number of halogens is 3. The molecule has 0 atom stereocenters. The zero-order chi connectivity index (χ0) is 22.3. The van der Waals surface area contributed by atoms with Gasteiger partial charge in [-0.2, -0.15) is 0 Å². The Morgan fingerprint density at radius 1 is 0.667 bits per heavy atom. The number of quaternary nitrogens is 2. The van der Waals surface area contributed by atoms with Crippen LogP contribution in [0.4, 0.5) is 13.2 Å². The molecule has 0 heterocycles. The SMILES string of the molecule is [NH4+].[NH4+].[O-]B([O-])OCCCCCC(c1cccc(F)c1)(c1cccc(F)c1)c1cccc(F)c1. The fourth-order valence-corrected chi connectivity index (χ4v) is 4.04. The second kappa shape index (κ2) is 13.1. The first-order valence-corrected chi connectivity index (χ1v) is 10.1. The summed E-state index contributed by atoms with van der Waals surface area (Å²) in [7, 11) is -2.31. The van der Waals surface area contributed by atoms with Gasteiger partial charge in [0.05, 0.1) is 7.32 Å². The Bertz CT molecular complexity index is 897. The predicted octanol–water partition coefficient (Wildman–Crippen LogP) is 4.47. The smallest absolute Gasteiger partial charge is 0.123 e. The van der Waals surface area contributed by atoms with Gasteiger partial charge < -0.3 is 27.0 Å². The summed E-state index contributed by atoms with van der Waals surface area (Å²) in [6, 6.07) is 18.1. The van der Waals surface area contributed by atoms with Gasteiger partial charge in [-0.05, 0) is 65.9 Å². The largest absolute Gasteiger partial charge is 0.871 e. The van der Waals surface area contributed by atoms with Gasteiger partial charge in [-0.25, -0.2) is 13.2 Å². The zero-order valence-electron chi connectivity index (χ0n) is 18.9. The highest BCUT2D eigenvalue weighted by molar-refractivity contribution is 6.28. The van der Waals surface area contributed by atoms with Gasteiger partial charge in [0, 0.05) is 12.0 Å². The molecule has 9 heteroatoms. The van der Waals surface area contributed by atoms with Gasteiger partial charge in [-0.3, -0.25) is 0 Å². The molecule has 0 aliphatic rings. The molecule has 0 radical (unpaired) electrons. The van der Waals surface area contributed by atoms with Gasteiger partial charge in [0.25, 0.3) is 0 Å². The van der Waals surface area contributed by atoms with Crippen LogP contribution in [-0.4, -0.2) is 13.9 Å². The minimum absolute atomic E-state index is 0. The molecule has 5 nitrogen and oxygen atoms in total. The van der Waals surface area contributed by atoms with Crippen LogP contribution >= 0.6 is 0 Å². The van der Waals surface area contributed by atoms with Gasteiger partial charge in [0.2, 0.25) is 0 Å². The molecule has 33 heavy (non-hydrogen) atoms. The van der Waals surface area contributed by atoms with Crippen LogP contribution in [0.15, 0.2) is 72.8 Å². The van der Waals surface area contributed by atoms with Crippen molar-refractivity contribution in [3.63, 3.8) is 0 Å². The first kappa shape index (κ1) is 28.3. The molecule has 0 saturated carbocycles. The van der Waals surface area contributed by atoms with E-state index in [4.69, 9.17) is 0 Å². The third-order valence-electron chi connectivity index (χ3n) is 5.40. The molecule has 0 aromatic heterocycles. The van der Waals surface area contributed by atoms with Gasteiger partial charge >= 0.3 is 0 Å². The van der Waals surface area contributed by atoms with E-state index >= 15 is 0 Å². The second-order valence-electron chi connectivity index (χ2n) is 7.41. The molecule has 3 aromatic rings. The first-order chi connectivity index (χ1) is 14.9. The van der Waals surface area contributed by atoms with E-state index in [-0.39, 0.29) is 18.9 Å². The molecule has 3 rings (SSSR count). The van der Waals surface area contributed by atoms with Gasteiger partial charge in [0.1, 0.15) is 17.5 Å². The van der Waals surface area contributed by atoms with Gasteiger partial charge in [-0.15, -0.1) is 0 Å². The monoisotopic (exact) mass is 462 g/mol. The average Bonchev–Trinajstić information content (AvgIpc) is 2.73. The summed E-state index contributed by atoms with van der Waals surface area (Å²) in [4.78, 5) is 0. The van der Waals surface area contributed by atoms with Crippen LogP contribution in [0.25, 0.3) is 0 Å². The van der Waals surface area contributed by atoms with E-state index in [1.165, 1.54) is 36.4 Å². The van der Waals surface area contributed by atoms with E-state index in [0.717, 1.165) is 0 Å². The highest BCUT2D eigenvalue weighted by Gasteiger charge is 2.36. The maximum atomic E-state index is 14.2. The average molecular weight is 462 g/mol. The summed E-state index contributed by atoms with van der Waals surface area (Å²) in [6.45, 7) is 0.0462. The van der Waals surface area contributed by atoms with Gasteiger partial charge in [-0.1, -0.05) is 49.2 Å². The van der Waals surface area contributed by atoms with Crippen molar-refractivity contribution in [2.45, 2.75) is 31.1 Å². The second-order valence-corrected chi connectivity index (χ2v) is 7.41. The van der Waals surface area contributed by atoms with Gasteiger partial charge in [0.15, 0.2) is 0 Å². The summed E-state index contributed by atoms with van der Waals surface area (Å²) < 4.78 is 47.2. The van der Waals surface area contributed by atoms with E-state index < -0.39 is 30.2 Å². The number of unbranched alkanes of at least 4 members (excludes halogenated alkanes) is 2. The number of benzene rings is 3. The highest BCUT2D eigenvalue weighted by Crippen LogP contribution is 2.44. The predicted molar refractivity (Wildman–Crippen MR) is 121 cm³/mol. The minimum atomic E-state index is -2.31. The van der Waals surface area contributed by atoms with Crippen molar-refractivity contribution in [3.05, 3.63) is 107 Å².